The van der Waals surface area contributed by atoms with Gasteiger partial charge in [-0.05, 0) is 34.6 Å². The smallest absolute Gasteiger partial charge is 0.235 e. The summed E-state index contributed by atoms with van der Waals surface area (Å²) in [6.45, 7) is 13.9. The van der Waals surface area contributed by atoms with Crippen molar-refractivity contribution in [2.45, 2.75) is 34.6 Å². The van der Waals surface area contributed by atoms with Crippen molar-refractivity contribution < 1.29 is 23.7 Å². The van der Waals surface area contributed by atoms with E-state index in [1.165, 1.54) is 0 Å². The first-order chi connectivity index (χ1) is 14.2. The van der Waals surface area contributed by atoms with Gasteiger partial charge < -0.3 is 29.0 Å². The van der Waals surface area contributed by atoms with Gasteiger partial charge in [0.2, 0.25) is 17.8 Å². The molecule has 0 aliphatic carbocycles. The molecule has 0 bridgehead atoms. The summed E-state index contributed by atoms with van der Waals surface area (Å²) in [6.07, 6.45) is 0. The summed E-state index contributed by atoms with van der Waals surface area (Å²) < 4.78 is 27.6. The number of anilines is 3. The Bertz CT molecular complexity index is 485. The normalized spacial score (nSPS) is 10.9. The Balaban J connectivity index is 3.18. The monoisotopic (exact) mass is 416 g/mol. The van der Waals surface area contributed by atoms with Gasteiger partial charge in [0.05, 0.1) is 0 Å². The van der Waals surface area contributed by atoms with Crippen molar-refractivity contribution in [2.75, 3.05) is 81.8 Å². The van der Waals surface area contributed by atoms with E-state index in [9.17, 15) is 0 Å². The lowest BCUT2D eigenvalue weighted by molar-refractivity contribution is 0.0927. The first-order valence-corrected chi connectivity index (χ1v) is 10.1. The minimum atomic E-state index is 0.285. The third-order valence-electron chi connectivity index (χ3n) is 3.52. The molecule has 1 heterocycles. The van der Waals surface area contributed by atoms with E-state index in [1.54, 1.807) is 9.80 Å². The molecule has 1 rings (SSSR count). The lowest BCUT2D eigenvalue weighted by Gasteiger charge is -2.26. The molecule has 0 fully saturated rings. The van der Waals surface area contributed by atoms with E-state index in [1.807, 2.05) is 34.6 Å². The van der Waals surface area contributed by atoms with E-state index in [0.717, 1.165) is 0 Å². The Morgan fingerprint density at radius 1 is 0.586 bits per heavy atom. The van der Waals surface area contributed by atoms with Crippen LogP contribution in [0.3, 0.4) is 0 Å². The Kier molecular flexibility index (Phi) is 14.0. The minimum absolute atomic E-state index is 0.285. The van der Waals surface area contributed by atoms with E-state index in [2.05, 4.69) is 20.3 Å². The van der Waals surface area contributed by atoms with Crippen molar-refractivity contribution in [3.05, 3.63) is 0 Å². The van der Waals surface area contributed by atoms with Gasteiger partial charge in [-0.25, -0.2) is 0 Å². The molecule has 0 unspecified atom stereocenters. The first kappa shape index (κ1) is 25.2. The number of nitrogens with one attached hydrogen (secondary N) is 1. The third kappa shape index (κ3) is 9.99. The Labute approximate surface area is 173 Å². The van der Waals surface area contributed by atoms with E-state index in [4.69, 9.17) is 23.7 Å². The van der Waals surface area contributed by atoms with E-state index < -0.39 is 0 Å². The molecule has 0 amide bonds. The summed E-state index contributed by atoms with van der Waals surface area (Å²) in [7, 11) is 0. The maximum Gasteiger partial charge on any atom is 0.235 e. The van der Waals surface area contributed by atoms with Crippen LogP contribution in [0.4, 0.5) is 17.8 Å². The number of nitrogens with zero attached hydrogens (tertiary/aromatic N) is 5. The van der Waals surface area contributed by atoms with Crippen LogP contribution in [0.25, 0.3) is 0 Å². The number of ether oxygens (including phenoxy) is 5. The molecule has 0 aliphatic rings. The third-order valence-corrected chi connectivity index (χ3v) is 3.52. The van der Waals surface area contributed by atoms with Gasteiger partial charge in [-0.2, -0.15) is 15.0 Å². The summed E-state index contributed by atoms with van der Waals surface area (Å²) in [5, 5.41) is 3.06. The van der Waals surface area contributed by atoms with E-state index >= 15 is 0 Å². The van der Waals surface area contributed by atoms with E-state index in [0.29, 0.717) is 77.8 Å². The highest BCUT2D eigenvalue weighted by Gasteiger charge is 2.18. The number of hydrogen-bond donors (Lipinski definition) is 1. The van der Waals surface area contributed by atoms with Gasteiger partial charge in [-0.1, -0.05) is 0 Å². The Hall–Kier alpha value is -1.79. The number of rotatable bonds is 18. The zero-order chi connectivity index (χ0) is 21.3. The largest absolute Gasteiger partial charge is 0.362 e. The lowest BCUT2D eigenvalue weighted by Crippen LogP contribution is -2.34. The molecule has 0 saturated heterocycles. The van der Waals surface area contributed by atoms with Gasteiger partial charge in [0, 0.05) is 33.0 Å². The number of hydrogen-bond acceptors (Lipinski definition) is 11. The average Bonchev–Trinajstić information content (AvgIpc) is 2.74. The van der Waals surface area contributed by atoms with Crippen molar-refractivity contribution in [2.24, 2.45) is 0 Å². The van der Waals surface area contributed by atoms with Crippen LogP contribution in [0.1, 0.15) is 34.6 Å². The molecule has 0 saturated carbocycles. The molecule has 0 aromatic carbocycles. The molecule has 0 spiro atoms. The Morgan fingerprint density at radius 2 is 0.966 bits per heavy atom. The predicted molar refractivity (Wildman–Crippen MR) is 111 cm³/mol. The molecule has 0 aliphatic heterocycles. The van der Waals surface area contributed by atoms with Crippen LogP contribution in [0.2, 0.25) is 0 Å². The zero-order valence-electron chi connectivity index (χ0n) is 18.3. The van der Waals surface area contributed by atoms with Gasteiger partial charge in [0.1, 0.15) is 33.7 Å². The lowest BCUT2D eigenvalue weighted by atomic mass is 10.6. The molecular weight excluding hydrogens is 380 g/mol. The van der Waals surface area contributed by atoms with Crippen molar-refractivity contribution in [3.8, 4) is 0 Å². The van der Waals surface area contributed by atoms with Gasteiger partial charge >= 0.3 is 0 Å². The number of aromatic nitrogens is 3. The summed E-state index contributed by atoms with van der Waals surface area (Å²) >= 11 is 0. The van der Waals surface area contributed by atoms with Crippen molar-refractivity contribution in [1.29, 1.82) is 0 Å². The van der Waals surface area contributed by atoms with E-state index in [-0.39, 0.29) is 6.73 Å². The molecule has 11 heteroatoms. The molecule has 1 N–H and O–H groups in total. The minimum Gasteiger partial charge on any atom is -0.362 e. The fraction of sp³-hybridized carbons (Fsp3) is 0.833. The molecule has 168 valence electrons. The highest BCUT2D eigenvalue weighted by molar-refractivity contribution is 5.44. The average molecular weight is 417 g/mol. The molecule has 1 aromatic rings. The van der Waals surface area contributed by atoms with Crippen LogP contribution in [0.5, 0.6) is 0 Å². The fourth-order valence-corrected chi connectivity index (χ4v) is 2.04. The van der Waals surface area contributed by atoms with Crippen LogP contribution in [-0.4, -0.2) is 81.6 Å². The topological polar surface area (TPSA) is 103 Å². The van der Waals surface area contributed by atoms with Crippen molar-refractivity contribution in [1.82, 2.24) is 15.0 Å². The fourth-order valence-electron chi connectivity index (χ4n) is 2.04. The van der Waals surface area contributed by atoms with Crippen LogP contribution in [0, 0.1) is 0 Å². The quantitative estimate of drug-likeness (QED) is 0.280. The standard InChI is InChI=1S/C18H36N6O5/c1-6-25-11-19-16-20-17(23(12-26-7-2)13-27-8-3)22-18(21-16)24(14-28-9-4)15-29-10-5/h6-15H2,1-5H3,(H,19,20,21,22). The van der Waals surface area contributed by atoms with Gasteiger partial charge in [-0.15, -0.1) is 0 Å². The molecule has 29 heavy (non-hydrogen) atoms. The summed E-state index contributed by atoms with van der Waals surface area (Å²) in [5.41, 5.74) is 0. The highest BCUT2D eigenvalue weighted by atomic mass is 16.5. The molecule has 0 radical (unpaired) electrons. The maximum absolute atomic E-state index is 5.55. The second kappa shape index (κ2) is 16.1. The first-order valence-electron chi connectivity index (χ1n) is 10.1. The second-order valence-corrected chi connectivity index (χ2v) is 5.64. The second-order valence-electron chi connectivity index (χ2n) is 5.64. The molecule has 1 aromatic heterocycles. The van der Waals surface area contributed by atoms with Gasteiger partial charge in [0.25, 0.3) is 0 Å². The van der Waals surface area contributed by atoms with Crippen LogP contribution < -0.4 is 15.1 Å². The highest BCUT2D eigenvalue weighted by Crippen LogP contribution is 2.17. The Morgan fingerprint density at radius 3 is 1.31 bits per heavy atom. The zero-order valence-corrected chi connectivity index (χ0v) is 18.3. The van der Waals surface area contributed by atoms with Crippen LogP contribution >= 0.6 is 0 Å². The van der Waals surface area contributed by atoms with Crippen LogP contribution in [-0.2, 0) is 23.7 Å². The predicted octanol–water partition coefficient (Wildman–Crippen LogP) is 1.87. The summed E-state index contributed by atoms with van der Waals surface area (Å²) in [4.78, 5) is 17.2. The van der Waals surface area contributed by atoms with Crippen molar-refractivity contribution >= 4 is 17.8 Å². The SMILES string of the molecule is CCOCNc1nc(N(COCC)COCC)nc(N(COCC)COCC)n1. The van der Waals surface area contributed by atoms with Gasteiger partial charge in [-0.3, -0.25) is 9.80 Å². The van der Waals surface area contributed by atoms with Crippen LogP contribution in [0.15, 0.2) is 0 Å². The van der Waals surface area contributed by atoms with Gasteiger partial charge in [0.15, 0.2) is 0 Å². The molecule has 0 atom stereocenters. The summed E-state index contributed by atoms with van der Waals surface area (Å²) in [5.74, 6) is 1.23. The molecule has 11 nitrogen and oxygen atoms in total. The molecular formula is C18H36N6O5. The summed E-state index contributed by atoms with van der Waals surface area (Å²) in [6, 6.07) is 0. The maximum atomic E-state index is 5.55. The van der Waals surface area contributed by atoms with Crippen molar-refractivity contribution in [3.63, 3.8) is 0 Å².